The maximum Gasteiger partial charge on any atom is 0.255 e. The van der Waals surface area contributed by atoms with Gasteiger partial charge in [-0.15, -0.1) is 23.1 Å². The van der Waals surface area contributed by atoms with Gasteiger partial charge in [-0.05, 0) is 30.0 Å². The number of hydrogen-bond acceptors (Lipinski definition) is 5. The normalized spacial score (nSPS) is 21.4. The molecule has 4 rings (SSSR count). The number of thioether (sulfide) groups is 1. The summed E-state index contributed by atoms with van der Waals surface area (Å²) < 4.78 is 0. The van der Waals surface area contributed by atoms with E-state index in [4.69, 9.17) is 4.84 Å². The molecule has 0 N–H and O–H groups in total. The zero-order chi connectivity index (χ0) is 15.8. The van der Waals surface area contributed by atoms with Gasteiger partial charge in [0.2, 0.25) is 0 Å². The van der Waals surface area contributed by atoms with Crippen molar-refractivity contribution in [2.45, 2.75) is 18.8 Å². The molecular formula is C17H16N2O2S2. The Hall–Kier alpha value is -1.79. The Morgan fingerprint density at radius 1 is 1.30 bits per heavy atom. The predicted octanol–water partition coefficient (Wildman–Crippen LogP) is 3.89. The van der Waals surface area contributed by atoms with Crippen molar-refractivity contribution in [1.29, 1.82) is 0 Å². The van der Waals surface area contributed by atoms with E-state index in [1.165, 1.54) is 4.88 Å². The molecule has 0 radical (unpaired) electrons. The minimum Gasteiger partial charge on any atom is -0.396 e. The van der Waals surface area contributed by atoms with Gasteiger partial charge in [-0.2, -0.15) is 0 Å². The first-order valence-corrected chi connectivity index (χ1v) is 9.49. The van der Waals surface area contributed by atoms with Gasteiger partial charge < -0.3 is 9.74 Å². The van der Waals surface area contributed by atoms with Crippen molar-refractivity contribution in [3.8, 4) is 0 Å². The maximum atomic E-state index is 12.7. The molecule has 2 aromatic rings. The van der Waals surface area contributed by atoms with Gasteiger partial charge >= 0.3 is 0 Å². The molecule has 0 bridgehead atoms. The molecule has 1 aromatic carbocycles. The van der Waals surface area contributed by atoms with Crippen molar-refractivity contribution in [3.05, 3.63) is 57.3 Å². The second kappa shape index (κ2) is 6.02. The van der Waals surface area contributed by atoms with Crippen LogP contribution in [-0.2, 0) is 11.4 Å². The highest BCUT2D eigenvalue weighted by molar-refractivity contribution is 8.00. The van der Waals surface area contributed by atoms with Crippen LogP contribution < -0.4 is 0 Å². The lowest BCUT2D eigenvalue weighted by Crippen LogP contribution is -2.29. The summed E-state index contributed by atoms with van der Waals surface area (Å²) in [6, 6.07) is 9.99. The van der Waals surface area contributed by atoms with Gasteiger partial charge in [-0.3, -0.25) is 4.79 Å². The predicted molar refractivity (Wildman–Crippen MR) is 94.0 cm³/mol. The molecule has 6 heteroatoms. The van der Waals surface area contributed by atoms with Gasteiger partial charge in [0.05, 0.1) is 12.3 Å². The smallest absolute Gasteiger partial charge is 0.255 e. The Morgan fingerprint density at radius 2 is 2.17 bits per heavy atom. The number of amides is 1. The Bertz CT molecular complexity index is 784. The molecule has 4 nitrogen and oxygen atoms in total. The lowest BCUT2D eigenvalue weighted by atomic mass is 10.1. The second-order valence-corrected chi connectivity index (χ2v) is 7.47. The van der Waals surface area contributed by atoms with Crippen LogP contribution in [-0.4, -0.2) is 28.9 Å². The molecule has 23 heavy (non-hydrogen) atoms. The van der Waals surface area contributed by atoms with Crippen LogP contribution in [0.4, 0.5) is 0 Å². The van der Waals surface area contributed by atoms with Gasteiger partial charge in [0, 0.05) is 21.8 Å². The number of carbonyl (C=O) groups excluding carboxylic acids is 1. The maximum absolute atomic E-state index is 12.7. The summed E-state index contributed by atoms with van der Waals surface area (Å²) in [5, 5.41) is 6.42. The standard InChI is InChI=1S/C17H16N2O2S2/c1-2-21-18-14-10-23-17-12-6-4-3-5-11(12)16(20)19(17)9-15-13(14)7-8-22-15/h3-8,17H,2,9-10H2,1H3/b18-14+/t17-/m0/s1. The lowest BCUT2D eigenvalue weighted by Gasteiger charge is -2.27. The number of oxime groups is 1. The molecule has 0 unspecified atom stereocenters. The molecule has 3 heterocycles. The summed E-state index contributed by atoms with van der Waals surface area (Å²) in [7, 11) is 0. The molecule has 118 valence electrons. The van der Waals surface area contributed by atoms with E-state index in [1.54, 1.807) is 23.1 Å². The van der Waals surface area contributed by atoms with E-state index in [-0.39, 0.29) is 11.3 Å². The third kappa shape index (κ3) is 2.46. The van der Waals surface area contributed by atoms with E-state index in [2.05, 4.69) is 22.7 Å². The summed E-state index contributed by atoms with van der Waals surface area (Å²) in [6.07, 6.45) is 0. The quantitative estimate of drug-likeness (QED) is 0.776. The number of hydrogen-bond donors (Lipinski definition) is 0. The topological polar surface area (TPSA) is 41.9 Å². The number of carbonyl (C=O) groups is 1. The fourth-order valence-corrected chi connectivity index (χ4v) is 5.15. The molecule has 2 aliphatic rings. The zero-order valence-corrected chi connectivity index (χ0v) is 14.3. The largest absolute Gasteiger partial charge is 0.396 e. The average molecular weight is 344 g/mol. The van der Waals surface area contributed by atoms with Crippen LogP contribution in [0.2, 0.25) is 0 Å². The van der Waals surface area contributed by atoms with Crippen molar-refractivity contribution in [2.24, 2.45) is 5.16 Å². The third-order valence-corrected chi connectivity index (χ3v) is 6.22. The van der Waals surface area contributed by atoms with Crippen LogP contribution in [0, 0.1) is 0 Å². The number of fused-ring (bicyclic) bond motifs is 4. The van der Waals surface area contributed by atoms with Gasteiger partial charge in [0.1, 0.15) is 12.0 Å². The Kier molecular flexibility index (Phi) is 3.87. The van der Waals surface area contributed by atoms with E-state index >= 15 is 0 Å². The third-order valence-electron chi connectivity index (χ3n) is 4.05. The van der Waals surface area contributed by atoms with Gasteiger partial charge in [0.25, 0.3) is 5.91 Å². The van der Waals surface area contributed by atoms with E-state index in [0.29, 0.717) is 13.2 Å². The number of rotatable bonds is 2. The zero-order valence-electron chi connectivity index (χ0n) is 12.7. The van der Waals surface area contributed by atoms with E-state index in [9.17, 15) is 4.79 Å². The van der Waals surface area contributed by atoms with Crippen molar-refractivity contribution in [2.75, 3.05) is 12.4 Å². The monoisotopic (exact) mass is 344 g/mol. The highest BCUT2D eigenvalue weighted by Crippen LogP contribution is 2.44. The summed E-state index contributed by atoms with van der Waals surface area (Å²) in [4.78, 5) is 21.2. The SMILES string of the molecule is CCO/N=C1\CS[C@H]2c3ccccc3C(=O)N2Cc2sccc21. The van der Waals surface area contributed by atoms with Crippen molar-refractivity contribution < 1.29 is 9.63 Å². The minimum absolute atomic E-state index is 0.0563. The molecular weight excluding hydrogens is 328 g/mol. The number of benzene rings is 1. The van der Waals surface area contributed by atoms with Crippen LogP contribution in [0.1, 0.15) is 38.7 Å². The molecule has 0 fully saturated rings. The molecule has 1 amide bonds. The first-order chi connectivity index (χ1) is 11.3. The fourth-order valence-electron chi connectivity index (χ4n) is 3.00. The van der Waals surface area contributed by atoms with Crippen LogP contribution in [0.5, 0.6) is 0 Å². The van der Waals surface area contributed by atoms with Gasteiger partial charge in [-0.25, -0.2) is 0 Å². The summed E-state index contributed by atoms with van der Waals surface area (Å²) in [5.74, 6) is 0.856. The molecule has 0 spiro atoms. The highest BCUT2D eigenvalue weighted by atomic mass is 32.2. The molecule has 1 aromatic heterocycles. The van der Waals surface area contributed by atoms with E-state index in [1.807, 2.05) is 30.0 Å². The van der Waals surface area contributed by atoms with Crippen LogP contribution in [0.3, 0.4) is 0 Å². The first-order valence-electron chi connectivity index (χ1n) is 7.56. The summed E-state index contributed by atoms with van der Waals surface area (Å²) in [6.45, 7) is 3.12. The summed E-state index contributed by atoms with van der Waals surface area (Å²) >= 11 is 3.41. The summed E-state index contributed by atoms with van der Waals surface area (Å²) in [5.41, 5.74) is 4.01. The van der Waals surface area contributed by atoms with Crippen LogP contribution in [0.25, 0.3) is 0 Å². The Labute approximate surface area is 143 Å². The van der Waals surface area contributed by atoms with Crippen LogP contribution >= 0.6 is 23.1 Å². The highest BCUT2D eigenvalue weighted by Gasteiger charge is 2.38. The minimum atomic E-state index is 0.0563. The van der Waals surface area contributed by atoms with E-state index in [0.717, 1.165) is 28.2 Å². The van der Waals surface area contributed by atoms with Gasteiger partial charge in [-0.1, -0.05) is 23.4 Å². The van der Waals surface area contributed by atoms with E-state index < -0.39 is 0 Å². The average Bonchev–Trinajstić information content (AvgIpc) is 3.11. The molecule has 1 atom stereocenters. The van der Waals surface area contributed by atoms with Crippen molar-refractivity contribution >= 4 is 34.7 Å². The molecule has 0 aliphatic carbocycles. The number of thiophene rings is 1. The molecule has 0 saturated carbocycles. The Balaban J connectivity index is 1.76. The van der Waals surface area contributed by atoms with Crippen LogP contribution in [0.15, 0.2) is 40.9 Å². The van der Waals surface area contributed by atoms with Crippen molar-refractivity contribution in [3.63, 3.8) is 0 Å². The first kappa shape index (κ1) is 14.8. The molecule has 0 saturated heterocycles. The van der Waals surface area contributed by atoms with Crippen molar-refractivity contribution in [1.82, 2.24) is 4.90 Å². The molecule has 2 aliphatic heterocycles. The second-order valence-electron chi connectivity index (χ2n) is 5.40. The lowest BCUT2D eigenvalue weighted by molar-refractivity contribution is 0.0763. The fraction of sp³-hybridized carbons (Fsp3) is 0.294. The van der Waals surface area contributed by atoms with Gasteiger partial charge in [0.15, 0.2) is 0 Å². The number of nitrogens with zero attached hydrogens (tertiary/aromatic N) is 2. The Morgan fingerprint density at radius 3 is 3.04 bits per heavy atom.